The van der Waals surface area contributed by atoms with Gasteiger partial charge in [-0.2, -0.15) is 0 Å². The summed E-state index contributed by atoms with van der Waals surface area (Å²) >= 11 is 1.79. The number of hydrogen-bond acceptors (Lipinski definition) is 3. The molecule has 78 valence electrons. The van der Waals surface area contributed by atoms with Gasteiger partial charge in [0.25, 0.3) is 0 Å². The molecule has 0 saturated carbocycles. The van der Waals surface area contributed by atoms with Crippen molar-refractivity contribution < 1.29 is 4.74 Å². The molecule has 1 rings (SSSR count). The molecular weight excluding hydrogens is 194 g/mol. The number of nitrogens with two attached hydrogens (primary N) is 1. The molecule has 2 N–H and O–H groups in total. The molecule has 0 spiro atoms. The maximum atomic E-state index is 5.95. The zero-order chi connectivity index (χ0) is 10.6. The van der Waals surface area contributed by atoms with E-state index >= 15 is 0 Å². The molecule has 0 heterocycles. The van der Waals surface area contributed by atoms with E-state index in [0.717, 1.165) is 22.8 Å². The summed E-state index contributed by atoms with van der Waals surface area (Å²) in [4.78, 5) is 1.11. The van der Waals surface area contributed by atoms with Crippen LogP contribution < -0.4 is 10.5 Å². The van der Waals surface area contributed by atoms with E-state index in [1.165, 1.54) is 0 Å². The van der Waals surface area contributed by atoms with E-state index < -0.39 is 0 Å². The third-order valence-corrected chi connectivity index (χ3v) is 3.49. The van der Waals surface area contributed by atoms with Crippen LogP contribution in [0.2, 0.25) is 0 Å². The Labute approximate surface area is 89.8 Å². The minimum atomic E-state index is 0.587. The molecule has 14 heavy (non-hydrogen) atoms. The molecule has 0 aliphatic rings. The standard InChI is InChI=1S/C11H17NOS/c1-4-8(2)14-10-7-5-6-9(13-3)11(10)12/h5-8H,4,12H2,1-3H3. The summed E-state index contributed by atoms with van der Waals surface area (Å²) in [5.41, 5.74) is 6.70. The van der Waals surface area contributed by atoms with Crippen LogP contribution in [-0.4, -0.2) is 12.4 Å². The smallest absolute Gasteiger partial charge is 0.142 e. The molecule has 2 nitrogen and oxygen atoms in total. The predicted molar refractivity (Wildman–Crippen MR) is 63.0 cm³/mol. The van der Waals surface area contributed by atoms with Crippen LogP contribution in [0.25, 0.3) is 0 Å². The molecule has 1 unspecified atom stereocenters. The number of anilines is 1. The van der Waals surface area contributed by atoms with Crippen molar-refractivity contribution in [2.75, 3.05) is 12.8 Å². The highest BCUT2D eigenvalue weighted by molar-refractivity contribution is 8.00. The van der Waals surface area contributed by atoms with Gasteiger partial charge in [0.05, 0.1) is 12.8 Å². The van der Waals surface area contributed by atoms with E-state index in [4.69, 9.17) is 10.5 Å². The maximum Gasteiger partial charge on any atom is 0.142 e. The highest BCUT2D eigenvalue weighted by atomic mass is 32.2. The van der Waals surface area contributed by atoms with Crippen molar-refractivity contribution in [2.45, 2.75) is 30.4 Å². The summed E-state index contributed by atoms with van der Waals surface area (Å²) < 4.78 is 5.16. The number of hydrogen-bond donors (Lipinski definition) is 1. The van der Waals surface area contributed by atoms with Crippen LogP contribution in [0.1, 0.15) is 20.3 Å². The fraction of sp³-hybridized carbons (Fsp3) is 0.455. The summed E-state index contributed by atoms with van der Waals surface area (Å²) in [5.74, 6) is 0.762. The molecular formula is C11H17NOS. The van der Waals surface area contributed by atoms with Crippen molar-refractivity contribution in [3.05, 3.63) is 18.2 Å². The Hall–Kier alpha value is -0.830. The number of rotatable bonds is 4. The molecule has 0 aromatic heterocycles. The van der Waals surface area contributed by atoms with Gasteiger partial charge in [0.15, 0.2) is 0 Å². The number of ether oxygens (including phenoxy) is 1. The molecule has 1 aromatic carbocycles. The Morgan fingerprint density at radius 3 is 2.79 bits per heavy atom. The summed E-state index contributed by atoms with van der Waals surface area (Å²) in [6.07, 6.45) is 1.14. The van der Waals surface area contributed by atoms with E-state index in [2.05, 4.69) is 13.8 Å². The van der Waals surface area contributed by atoms with Crippen LogP contribution in [0.3, 0.4) is 0 Å². The Bertz CT molecular complexity index is 301. The first-order valence-corrected chi connectivity index (χ1v) is 5.66. The highest BCUT2D eigenvalue weighted by Gasteiger charge is 2.08. The molecule has 0 saturated heterocycles. The SMILES string of the molecule is CCC(C)Sc1cccc(OC)c1N. The third kappa shape index (κ3) is 2.58. The van der Waals surface area contributed by atoms with E-state index in [1.54, 1.807) is 18.9 Å². The minimum Gasteiger partial charge on any atom is -0.495 e. The van der Waals surface area contributed by atoms with Gasteiger partial charge in [-0.15, -0.1) is 11.8 Å². The molecule has 0 fully saturated rings. The first-order valence-electron chi connectivity index (χ1n) is 4.78. The summed E-state index contributed by atoms with van der Waals surface area (Å²) in [6.45, 7) is 4.37. The minimum absolute atomic E-state index is 0.587. The van der Waals surface area contributed by atoms with Crippen LogP contribution in [0.5, 0.6) is 5.75 Å². The Balaban J connectivity index is 2.86. The predicted octanol–water partition coefficient (Wildman–Crippen LogP) is 3.17. The van der Waals surface area contributed by atoms with E-state index in [-0.39, 0.29) is 0 Å². The molecule has 0 amide bonds. The molecule has 0 aliphatic heterocycles. The lowest BCUT2D eigenvalue weighted by Gasteiger charge is -2.12. The first kappa shape index (κ1) is 11.2. The van der Waals surface area contributed by atoms with E-state index in [0.29, 0.717) is 5.25 Å². The molecule has 0 bridgehead atoms. The molecule has 0 radical (unpaired) electrons. The van der Waals surface area contributed by atoms with Gasteiger partial charge < -0.3 is 10.5 Å². The van der Waals surface area contributed by atoms with E-state index in [1.807, 2.05) is 18.2 Å². The van der Waals surface area contributed by atoms with Crippen molar-refractivity contribution in [2.24, 2.45) is 0 Å². The lowest BCUT2D eigenvalue weighted by atomic mass is 10.3. The lowest BCUT2D eigenvalue weighted by molar-refractivity contribution is 0.416. The Morgan fingerprint density at radius 1 is 1.50 bits per heavy atom. The van der Waals surface area contributed by atoms with Gasteiger partial charge in [0, 0.05) is 10.1 Å². The molecule has 3 heteroatoms. The second kappa shape index (κ2) is 5.15. The van der Waals surface area contributed by atoms with Gasteiger partial charge in [-0.1, -0.05) is 19.9 Å². The fourth-order valence-corrected chi connectivity index (χ4v) is 2.09. The van der Waals surface area contributed by atoms with Gasteiger partial charge in [-0.05, 0) is 18.6 Å². The average Bonchev–Trinajstić information content (AvgIpc) is 2.21. The monoisotopic (exact) mass is 211 g/mol. The quantitative estimate of drug-likeness (QED) is 0.613. The number of methoxy groups -OCH3 is 1. The van der Waals surface area contributed by atoms with Crippen LogP contribution in [0.15, 0.2) is 23.1 Å². The van der Waals surface area contributed by atoms with Gasteiger partial charge in [0.1, 0.15) is 5.75 Å². The van der Waals surface area contributed by atoms with Gasteiger partial charge in [-0.25, -0.2) is 0 Å². The van der Waals surface area contributed by atoms with Crippen LogP contribution in [0, 0.1) is 0 Å². The van der Waals surface area contributed by atoms with Crippen molar-refractivity contribution >= 4 is 17.4 Å². The molecule has 0 aliphatic carbocycles. The number of nitrogen functional groups attached to an aromatic ring is 1. The number of benzene rings is 1. The maximum absolute atomic E-state index is 5.95. The largest absolute Gasteiger partial charge is 0.495 e. The summed E-state index contributed by atoms with van der Waals surface area (Å²) in [6, 6.07) is 5.89. The van der Waals surface area contributed by atoms with Crippen LogP contribution in [0.4, 0.5) is 5.69 Å². The van der Waals surface area contributed by atoms with Gasteiger partial charge in [-0.3, -0.25) is 0 Å². The lowest BCUT2D eigenvalue weighted by Crippen LogP contribution is -1.97. The second-order valence-corrected chi connectivity index (χ2v) is 4.69. The van der Waals surface area contributed by atoms with Crippen LogP contribution >= 0.6 is 11.8 Å². The number of para-hydroxylation sites is 1. The van der Waals surface area contributed by atoms with Crippen LogP contribution in [-0.2, 0) is 0 Å². The first-order chi connectivity index (χ1) is 6.69. The normalized spacial score (nSPS) is 12.5. The van der Waals surface area contributed by atoms with Crippen molar-refractivity contribution in [3.8, 4) is 5.75 Å². The average molecular weight is 211 g/mol. The highest BCUT2D eigenvalue weighted by Crippen LogP contribution is 2.35. The summed E-state index contributed by atoms with van der Waals surface area (Å²) in [5, 5.41) is 0.587. The zero-order valence-corrected chi connectivity index (χ0v) is 9.73. The van der Waals surface area contributed by atoms with E-state index in [9.17, 15) is 0 Å². The van der Waals surface area contributed by atoms with Crippen molar-refractivity contribution in [1.82, 2.24) is 0 Å². The number of thioether (sulfide) groups is 1. The fourth-order valence-electron chi connectivity index (χ4n) is 1.10. The third-order valence-electron chi connectivity index (χ3n) is 2.15. The Kier molecular flexibility index (Phi) is 4.14. The van der Waals surface area contributed by atoms with Gasteiger partial charge >= 0.3 is 0 Å². The molecule has 1 atom stereocenters. The zero-order valence-electron chi connectivity index (χ0n) is 8.91. The van der Waals surface area contributed by atoms with Crippen molar-refractivity contribution in [1.29, 1.82) is 0 Å². The van der Waals surface area contributed by atoms with Gasteiger partial charge in [0.2, 0.25) is 0 Å². The Morgan fingerprint density at radius 2 is 2.21 bits per heavy atom. The van der Waals surface area contributed by atoms with Crippen molar-refractivity contribution in [3.63, 3.8) is 0 Å². The summed E-state index contributed by atoms with van der Waals surface area (Å²) in [7, 11) is 1.64. The molecule has 1 aromatic rings. The second-order valence-electron chi connectivity index (χ2n) is 3.21. The topological polar surface area (TPSA) is 35.2 Å².